The van der Waals surface area contributed by atoms with E-state index >= 15 is 0 Å². The standard InChI is InChI=1S/C22H21FN4O2/c1-12(2)25-22-27-26-21(29-22)15-5-4-13-6-8-16(17(13)11-15)18-10-14(20(28)24-3)7-9-19(18)23/h4-5,7-12H,6H2,1-3H3,(H,24,28)(H,25,27). The molecule has 7 heteroatoms. The number of benzene rings is 2. The molecule has 1 aliphatic rings. The van der Waals surface area contributed by atoms with Gasteiger partial charge in [-0.2, -0.15) is 0 Å². The first-order valence-electron chi connectivity index (χ1n) is 9.42. The zero-order chi connectivity index (χ0) is 20.5. The molecule has 1 amide bonds. The summed E-state index contributed by atoms with van der Waals surface area (Å²) in [5, 5.41) is 13.8. The normalized spacial score (nSPS) is 12.7. The molecule has 0 saturated heterocycles. The number of amides is 1. The summed E-state index contributed by atoms with van der Waals surface area (Å²) in [5.74, 6) is -0.236. The van der Waals surface area contributed by atoms with Gasteiger partial charge in [-0.1, -0.05) is 17.2 Å². The Hall–Kier alpha value is -3.48. The Morgan fingerprint density at radius 2 is 1.97 bits per heavy atom. The highest BCUT2D eigenvalue weighted by molar-refractivity contribution is 5.96. The van der Waals surface area contributed by atoms with Gasteiger partial charge in [-0.25, -0.2) is 4.39 Å². The highest BCUT2D eigenvalue weighted by Crippen LogP contribution is 2.37. The van der Waals surface area contributed by atoms with Crippen LogP contribution in [-0.2, 0) is 6.42 Å². The Morgan fingerprint density at radius 1 is 1.14 bits per heavy atom. The van der Waals surface area contributed by atoms with Gasteiger partial charge in [0.15, 0.2) is 0 Å². The van der Waals surface area contributed by atoms with E-state index in [1.807, 2.05) is 38.1 Å². The van der Waals surface area contributed by atoms with Gasteiger partial charge in [0.25, 0.3) is 5.91 Å². The molecule has 1 aromatic heterocycles. The Morgan fingerprint density at radius 3 is 2.72 bits per heavy atom. The first-order chi connectivity index (χ1) is 14.0. The lowest BCUT2D eigenvalue weighted by Gasteiger charge is -2.10. The van der Waals surface area contributed by atoms with Crippen molar-refractivity contribution >= 4 is 17.5 Å². The molecule has 3 aromatic rings. The molecule has 0 saturated carbocycles. The van der Waals surface area contributed by atoms with E-state index in [2.05, 4.69) is 20.8 Å². The Labute approximate surface area is 167 Å². The summed E-state index contributed by atoms with van der Waals surface area (Å²) >= 11 is 0. The molecular weight excluding hydrogens is 371 g/mol. The number of rotatable bonds is 5. The monoisotopic (exact) mass is 392 g/mol. The van der Waals surface area contributed by atoms with Crippen molar-refractivity contribution in [2.45, 2.75) is 26.3 Å². The number of allylic oxidation sites excluding steroid dienone is 1. The molecule has 1 heterocycles. The van der Waals surface area contributed by atoms with Crippen LogP contribution < -0.4 is 10.6 Å². The van der Waals surface area contributed by atoms with Crippen molar-refractivity contribution < 1.29 is 13.6 Å². The molecule has 0 bridgehead atoms. The van der Waals surface area contributed by atoms with Gasteiger partial charge in [-0.15, -0.1) is 5.10 Å². The fourth-order valence-corrected chi connectivity index (χ4v) is 3.38. The highest BCUT2D eigenvalue weighted by atomic mass is 19.1. The Balaban J connectivity index is 1.71. The van der Waals surface area contributed by atoms with Crippen LogP contribution in [0.15, 0.2) is 46.9 Å². The molecule has 2 aromatic carbocycles. The van der Waals surface area contributed by atoms with Gasteiger partial charge in [0.05, 0.1) is 0 Å². The van der Waals surface area contributed by atoms with Crippen molar-refractivity contribution in [3.8, 4) is 11.5 Å². The maximum atomic E-state index is 14.6. The van der Waals surface area contributed by atoms with Gasteiger partial charge >= 0.3 is 6.01 Å². The SMILES string of the molecule is CNC(=O)c1ccc(F)c(C2=CCc3ccc(-c4nnc(NC(C)C)o4)cc32)c1. The Kier molecular flexibility index (Phi) is 4.88. The van der Waals surface area contributed by atoms with Crippen molar-refractivity contribution in [1.82, 2.24) is 15.5 Å². The second-order valence-corrected chi connectivity index (χ2v) is 7.18. The lowest BCUT2D eigenvalue weighted by Crippen LogP contribution is -2.18. The minimum atomic E-state index is -0.372. The summed E-state index contributed by atoms with van der Waals surface area (Å²) in [6.45, 7) is 3.97. The van der Waals surface area contributed by atoms with Crippen molar-refractivity contribution in [2.24, 2.45) is 0 Å². The van der Waals surface area contributed by atoms with Crippen LogP contribution in [0.25, 0.3) is 17.0 Å². The largest absolute Gasteiger partial charge is 0.403 e. The third-order valence-corrected chi connectivity index (χ3v) is 4.76. The van der Waals surface area contributed by atoms with Crippen LogP contribution >= 0.6 is 0 Å². The second-order valence-electron chi connectivity index (χ2n) is 7.18. The van der Waals surface area contributed by atoms with Gasteiger partial charge in [0.1, 0.15) is 5.82 Å². The fourth-order valence-electron chi connectivity index (χ4n) is 3.38. The van der Waals surface area contributed by atoms with Crippen LogP contribution in [-0.4, -0.2) is 29.2 Å². The maximum absolute atomic E-state index is 14.6. The van der Waals surface area contributed by atoms with Crippen LogP contribution in [0.1, 0.15) is 40.9 Å². The molecule has 148 valence electrons. The number of hydrogen-bond donors (Lipinski definition) is 2. The first-order valence-corrected chi connectivity index (χ1v) is 9.42. The van der Waals surface area contributed by atoms with Gasteiger partial charge in [-0.05, 0) is 67.3 Å². The second kappa shape index (κ2) is 7.50. The van der Waals surface area contributed by atoms with Crippen LogP contribution in [0.5, 0.6) is 0 Å². The number of anilines is 1. The number of halogens is 1. The third-order valence-electron chi connectivity index (χ3n) is 4.76. The summed E-state index contributed by atoms with van der Waals surface area (Å²) in [6.07, 6.45) is 2.67. The molecule has 0 atom stereocenters. The van der Waals surface area contributed by atoms with E-state index in [1.165, 1.54) is 12.1 Å². The molecule has 0 spiro atoms. The molecule has 0 aliphatic heterocycles. The number of carbonyl (C=O) groups excluding carboxylic acids is 1. The molecule has 0 fully saturated rings. The molecule has 4 rings (SSSR count). The van der Waals surface area contributed by atoms with E-state index in [0.717, 1.165) is 22.3 Å². The number of hydrogen-bond acceptors (Lipinski definition) is 5. The summed E-state index contributed by atoms with van der Waals surface area (Å²) < 4.78 is 20.3. The van der Waals surface area contributed by atoms with E-state index in [9.17, 15) is 9.18 Å². The molecule has 2 N–H and O–H groups in total. The van der Waals surface area contributed by atoms with E-state index in [-0.39, 0.29) is 17.8 Å². The van der Waals surface area contributed by atoms with Gasteiger partial charge in [0, 0.05) is 29.8 Å². The van der Waals surface area contributed by atoms with Crippen molar-refractivity contribution in [2.75, 3.05) is 12.4 Å². The average Bonchev–Trinajstić information content (AvgIpc) is 3.33. The molecule has 29 heavy (non-hydrogen) atoms. The summed E-state index contributed by atoms with van der Waals surface area (Å²) in [4.78, 5) is 12.0. The predicted octanol–water partition coefficient (Wildman–Crippen LogP) is 4.04. The Bertz CT molecular complexity index is 1120. The van der Waals surface area contributed by atoms with E-state index in [4.69, 9.17) is 4.42 Å². The van der Waals surface area contributed by atoms with Crippen LogP contribution in [0, 0.1) is 5.82 Å². The van der Waals surface area contributed by atoms with E-state index < -0.39 is 0 Å². The van der Waals surface area contributed by atoms with Gasteiger partial charge in [-0.3, -0.25) is 4.79 Å². The van der Waals surface area contributed by atoms with Crippen LogP contribution in [0.3, 0.4) is 0 Å². The fraction of sp³-hybridized carbons (Fsp3) is 0.227. The number of nitrogens with one attached hydrogen (secondary N) is 2. The minimum Gasteiger partial charge on any atom is -0.403 e. The lowest BCUT2D eigenvalue weighted by atomic mass is 9.95. The lowest BCUT2D eigenvalue weighted by molar-refractivity contribution is 0.0963. The number of aromatic nitrogens is 2. The number of carbonyl (C=O) groups is 1. The number of nitrogens with zero attached hydrogens (tertiary/aromatic N) is 2. The quantitative estimate of drug-likeness (QED) is 0.685. The third kappa shape index (κ3) is 3.63. The van der Waals surface area contributed by atoms with Crippen molar-refractivity contribution in [3.05, 3.63) is 70.5 Å². The molecule has 6 nitrogen and oxygen atoms in total. The zero-order valence-corrected chi connectivity index (χ0v) is 16.4. The van der Waals surface area contributed by atoms with Crippen LogP contribution in [0.2, 0.25) is 0 Å². The summed E-state index contributed by atoms with van der Waals surface area (Å²) in [7, 11) is 1.55. The van der Waals surface area contributed by atoms with Gasteiger partial charge in [0.2, 0.25) is 5.89 Å². The summed E-state index contributed by atoms with van der Waals surface area (Å²) in [6, 6.07) is 10.7. The topological polar surface area (TPSA) is 80.0 Å². The van der Waals surface area contributed by atoms with E-state index in [1.54, 1.807) is 13.1 Å². The molecule has 0 unspecified atom stereocenters. The first kappa shape index (κ1) is 18.9. The van der Waals surface area contributed by atoms with Crippen molar-refractivity contribution in [1.29, 1.82) is 0 Å². The van der Waals surface area contributed by atoms with Crippen LogP contribution in [0.4, 0.5) is 10.4 Å². The highest BCUT2D eigenvalue weighted by Gasteiger charge is 2.21. The van der Waals surface area contributed by atoms with E-state index in [0.29, 0.717) is 29.5 Å². The van der Waals surface area contributed by atoms with Gasteiger partial charge < -0.3 is 15.1 Å². The average molecular weight is 392 g/mol. The summed E-state index contributed by atoms with van der Waals surface area (Å²) in [5.41, 5.74) is 4.29. The minimum absolute atomic E-state index is 0.174. The molecular formula is C22H21FN4O2. The number of fused-ring (bicyclic) bond motifs is 1. The predicted molar refractivity (Wildman–Crippen MR) is 109 cm³/mol. The zero-order valence-electron chi connectivity index (χ0n) is 16.4. The maximum Gasteiger partial charge on any atom is 0.315 e. The van der Waals surface area contributed by atoms with Crippen molar-refractivity contribution in [3.63, 3.8) is 0 Å². The molecule has 1 aliphatic carbocycles. The molecule has 0 radical (unpaired) electrons. The smallest absolute Gasteiger partial charge is 0.315 e.